The third kappa shape index (κ3) is 3.56. The molecule has 0 aromatic heterocycles. The average Bonchev–Trinajstić information content (AvgIpc) is 2.80. The highest BCUT2D eigenvalue weighted by atomic mass is 16.2. The summed E-state index contributed by atoms with van der Waals surface area (Å²) in [5.74, 6) is -1.81. The van der Waals surface area contributed by atoms with Crippen molar-refractivity contribution in [3.05, 3.63) is 30.3 Å². The number of nitrogens with one attached hydrogen (secondary N) is 2. The first-order valence-corrected chi connectivity index (χ1v) is 7.22. The summed E-state index contributed by atoms with van der Waals surface area (Å²) in [4.78, 5) is 49.7. The van der Waals surface area contributed by atoms with Gasteiger partial charge in [0.15, 0.2) is 11.8 Å². The number of urea groups is 1. The molecular weight excluding hydrogens is 298 g/mol. The normalized spacial score (nSPS) is 16.0. The Hall–Kier alpha value is -2.70. The van der Waals surface area contributed by atoms with E-state index in [1.807, 2.05) is 0 Å². The van der Waals surface area contributed by atoms with Gasteiger partial charge in [0.2, 0.25) is 0 Å². The lowest BCUT2D eigenvalue weighted by molar-refractivity contribution is -0.143. The van der Waals surface area contributed by atoms with Crippen LogP contribution in [0.15, 0.2) is 30.3 Å². The number of benzene rings is 1. The van der Waals surface area contributed by atoms with E-state index in [4.69, 9.17) is 0 Å². The number of hydrogen-bond acceptors (Lipinski definition) is 4. The first-order chi connectivity index (χ1) is 10.7. The molecule has 1 aromatic rings. The Balaban J connectivity index is 2.33. The monoisotopic (exact) mass is 317 g/mol. The third-order valence-corrected chi connectivity index (χ3v) is 3.41. The van der Waals surface area contributed by atoms with Gasteiger partial charge in [-0.3, -0.25) is 14.4 Å². The Morgan fingerprint density at radius 2 is 1.78 bits per heavy atom. The summed E-state index contributed by atoms with van der Waals surface area (Å²) in [5, 5.41) is 4.91. The van der Waals surface area contributed by atoms with E-state index < -0.39 is 35.1 Å². The van der Waals surface area contributed by atoms with Crippen LogP contribution in [0.2, 0.25) is 0 Å². The van der Waals surface area contributed by atoms with Gasteiger partial charge in [-0.05, 0) is 12.1 Å². The second-order valence-corrected chi connectivity index (χ2v) is 6.29. The van der Waals surface area contributed by atoms with Gasteiger partial charge in [-0.2, -0.15) is 0 Å². The van der Waals surface area contributed by atoms with E-state index in [9.17, 15) is 19.2 Å². The number of Topliss-reactive ketones (excluding diaryl/α,β-unsaturated/α-hetero) is 1. The molecule has 2 N–H and O–H groups in total. The van der Waals surface area contributed by atoms with Crippen LogP contribution in [-0.4, -0.2) is 41.1 Å². The molecule has 122 valence electrons. The van der Waals surface area contributed by atoms with Gasteiger partial charge in [0.25, 0.3) is 11.8 Å². The van der Waals surface area contributed by atoms with E-state index in [0.29, 0.717) is 10.6 Å². The number of para-hydroxylation sites is 1. The quantitative estimate of drug-likeness (QED) is 0.643. The average molecular weight is 317 g/mol. The van der Waals surface area contributed by atoms with Crippen molar-refractivity contribution in [1.29, 1.82) is 0 Å². The van der Waals surface area contributed by atoms with E-state index >= 15 is 0 Å². The summed E-state index contributed by atoms with van der Waals surface area (Å²) in [7, 11) is 0. The number of carbonyl (C=O) groups excluding carboxylic acids is 4. The Morgan fingerprint density at radius 1 is 1.17 bits per heavy atom. The van der Waals surface area contributed by atoms with Crippen LogP contribution >= 0.6 is 0 Å². The predicted octanol–water partition coefficient (Wildman–Crippen LogP) is 1.16. The highest BCUT2D eigenvalue weighted by molar-refractivity contribution is 6.18. The van der Waals surface area contributed by atoms with Crippen molar-refractivity contribution in [3.63, 3.8) is 0 Å². The first kappa shape index (κ1) is 16.7. The van der Waals surface area contributed by atoms with Crippen LogP contribution in [0.3, 0.4) is 0 Å². The van der Waals surface area contributed by atoms with E-state index in [1.54, 1.807) is 51.1 Å². The first-order valence-electron chi connectivity index (χ1n) is 7.22. The fourth-order valence-corrected chi connectivity index (χ4v) is 2.19. The molecule has 2 rings (SSSR count). The van der Waals surface area contributed by atoms with Gasteiger partial charge >= 0.3 is 6.03 Å². The Kier molecular flexibility index (Phi) is 4.49. The fourth-order valence-electron chi connectivity index (χ4n) is 2.19. The number of imide groups is 1. The second kappa shape index (κ2) is 6.20. The molecule has 1 aliphatic rings. The minimum Gasteiger partial charge on any atom is -0.328 e. The van der Waals surface area contributed by atoms with Crippen molar-refractivity contribution < 1.29 is 19.2 Å². The number of carbonyl (C=O) groups is 4. The summed E-state index contributed by atoms with van der Waals surface area (Å²) < 4.78 is 0. The van der Waals surface area contributed by atoms with Crippen LogP contribution in [0.25, 0.3) is 0 Å². The largest absolute Gasteiger partial charge is 0.328 e. The van der Waals surface area contributed by atoms with Crippen molar-refractivity contribution in [2.24, 2.45) is 5.41 Å². The summed E-state index contributed by atoms with van der Waals surface area (Å²) in [6.45, 7) is 4.69. The van der Waals surface area contributed by atoms with E-state index in [0.717, 1.165) is 0 Å². The lowest BCUT2D eigenvalue weighted by atomic mass is 9.85. The molecule has 1 heterocycles. The zero-order chi connectivity index (χ0) is 17.2. The molecule has 1 aliphatic heterocycles. The van der Waals surface area contributed by atoms with Crippen LogP contribution in [0, 0.1) is 5.41 Å². The summed E-state index contributed by atoms with van der Waals surface area (Å²) >= 11 is 0. The van der Waals surface area contributed by atoms with Crippen LogP contribution in [-0.2, 0) is 14.4 Å². The van der Waals surface area contributed by atoms with Crippen LogP contribution in [0.1, 0.15) is 20.8 Å². The number of hydrogen-bond donors (Lipinski definition) is 2. The van der Waals surface area contributed by atoms with Crippen LogP contribution < -0.4 is 10.6 Å². The van der Waals surface area contributed by atoms with Gasteiger partial charge in [-0.1, -0.05) is 39.0 Å². The van der Waals surface area contributed by atoms with E-state index in [1.165, 1.54) is 0 Å². The molecule has 1 saturated heterocycles. The lowest BCUT2D eigenvalue weighted by Crippen LogP contribution is -2.55. The number of anilines is 1. The number of nitrogens with zero attached hydrogens (tertiary/aromatic N) is 1. The van der Waals surface area contributed by atoms with Crippen LogP contribution in [0.5, 0.6) is 0 Å². The molecule has 1 aromatic carbocycles. The molecule has 4 amide bonds. The molecule has 0 aliphatic carbocycles. The Morgan fingerprint density at radius 3 is 2.26 bits per heavy atom. The molecule has 0 saturated carbocycles. The van der Waals surface area contributed by atoms with Crippen molar-refractivity contribution in [2.75, 3.05) is 11.9 Å². The van der Waals surface area contributed by atoms with Crippen molar-refractivity contribution in [2.45, 2.75) is 26.8 Å². The highest BCUT2D eigenvalue weighted by Crippen LogP contribution is 2.22. The molecule has 0 radical (unpaired) electrons. The zero-order valence-electron chi connectivity index (χ0n) is 13.3. The number of ketones is 1. The van der Waals surface area contributed by atoms with Crippen molar-refractivity contribution in [1.82, 2.24) is 10.2 Å². The third-order valence-electron chi connectivity index (χ3n) is 3.41. The smallest absolute Gasteiger partial charge is 0.325 e. The minimum absolute atomic E-state index is 0.217. The highest BCUT2D eigenvalue weighted by Gasteiger charge is 2.46. The van der Waals surface area contributed by atoms with Crippen molar-refractivity contribution >= 4 is 29.3 Å². The zero-order valence-corrected chi connectivity index (χ0v) is 13.3. The summed E-state index contributed by atoms with van der Waals surface area (Å²) in [6.07, 6.45) is 0. The van der Waals surface area contributed by atoms with Crippen molar-refractivity contribution in [3.8, 4) is 0 Å². The van der Waals surface area contributed by atoms with Gasteiger partial charge in [0.05, 0.1) is 6.54 Å². The number of rotatable bonds is 4. The fraction of sp³-hybridized carbons (Fsp3) is 0.375. The Labute approximate surface area is 134 Å². The minimum atomic E-state index is -1.50. The van der Waals surface area contributed by atoms with E-state index in [-0.39, 0.29) is 6.54 Å². The van der Waals surface area contributed by atoms with Gasteiger partial charge in [0, 0.05) is 11.1 Å². The second-order valence-electron chi connectivity index (χ2n) is 6.29. The van der Waals surface area contributed by atoms with Crippen LogP contribution in [0.4, 0.5) is 10.5 Å². The lowest BCUT2D eigenvalue weighted by Gasteiger charge is -2.28. The molecule has 1 atom stereocenters. The molecule has 7 heteroatoms. The SMILES string of the molecule is CC(C)(C)C(=O)C(C(=O)Nc1ccccc1)N1C(=O)CNC1=O. The van der Waals surface area contributed by atoms with Gasteiger partial charge < -0.3 is 10.6 Å². The maximum atomic E-state index is 12.6. The van der Waals surface area contributed by atoms with Gasteiger partial charge in [0.1, 0.15) is 0 Å². The molecule has 0 bridgehead atoms. The molecule has 0 spiro atoms. The molecule has 1 unspecified atom stereocenters. The molecule has 23 heavy (non-hydrogen) atoms. The summed E-state index contributed by atoms with van der Waals surface area (Å²) in [5.41, 5.74) is -0.404. The van der Waals surface area contributed by atoms with E-state index in [2.05, 4.69) is 10.6 Å². The standard InChI is InChI=1S/C16H19N3O4/c1-16(2,3)13(21)12(19-11(20)9-17-15(19)23)14(22)18-10-7-5-4-6-8-10/h4-8,12H,9H2,1-3H3,(H,17,23)(H,18,22). The number of amides is 4. The maximum absolute atomic E-state index is 12.6. The Bertz CT molecular complexity index is 633. The van der Waals surface area contributed by atoms with Gasteiger partial charge in [-0.25, -0.2) is 9.69 Å². The summed E-state index contributed by atoms with van der Waals surface area (Å²) in [6, 6.07) is 6.31. The maximum Gasteiger partial charge on any atom is 0.325 e. The molecule has 7 nitrogen and oxygen atoms in total. The predicted molar refractivity (Wildman–Crippen MR) is 83.6 cm³/mol. The topological polar surface area (TPSA) is 95.6 Å². The van der Waals surface area contributed by atoms with Gasteiger partial charge in [-0.15, -0.1) is 0 Å². The molecular formula is C16H19N3O4. The molecule has 1 fully saturated rings.